The van der Waals surface area contributed by atoms with Gasteiger partial charge in [-0.1, -0.05) is 0 Å². The van der Waals surface area contributed by atoms with Gasteiger partial charge in [-0.05, 0) is 0 Å². The zero-order chi connectivity index (χ0) is 15.1. The third-order valence-corrected chi connectivity index (χ3v) is 3.75. The van der Waals surface area contributed by atoms with Crippen LogP contribution in [0.3, 0.4) is 0 Å². The molecule has 112 valence electrons. The van der Waals surface area contributed by atoms with Crippen LogP contribution in [0, 0.1) is 5.92 Å². The van der Waals surface area contributed by atoms with Gasteiger partial charge >= 0.3 is 113 Å². The van der Waals surface area contributed by atoms with Crippen LogP contribution in [0.5, 0.6) is 0 Å². The zero-order valence-electron chi connectivity index (χ0n) is 11.3. The van der Waals surface area contributed by atoms with Crippen molar-refractivity contribution in [3.63, 3.8) is 0 Å². The van der Waals surface area contributed by atoms with Gasteiger partial charge in [-0.25, -0.2) is 0 Å². The Kier molecular flexibility index (Phi) is 8.59. The molecule has 0 heterocycles. The maximum atomic E-state index is 11.2. The first-order chi connectivity index (χ1) is 8.77. The van der Waals surface area contributed by atoms with Gasteiger partial charge in [0.1, 0.15) is 0 Å². The Morgan fingerprint density at radius 3 is 2.21 bits per heavy atom. The predicted octanol–water partition coefficient (Wildman–Crippen LogP) is -1.61. The Balaban J connectivity index is 4.90. The molecule has 0 aromatic heterocycles. The minimum absolute atomic E-state index is 0.0213. The second kappa shape index (κ2) is 8.75. The van der Waals surface area contributed by atoms with Gasteiger partial charge in [0, 0.05) is 0 Å². The van der Waals surface area contributed by atoms with Crippen molar-refractivity contribution >= 4 is 16.1 Å². The SMILES string of the molecule is CC(C)CC(CO)N(CCO)C(O)CS(=O)(=O)B=O. The fraction of sp³-hybridized carbons (Fsp3) is 1.00. The number of hydrogen-bond donors (Lipinski definition) is 3. The molecule has 0 bridgehead atoms. The van der Waals surface area contributed by atoms with E-state index in [0.29, 0.717) is 6.42 Å². The molecule has 3 N–H and O–H groups in total. The van der Waals surface area contributed by atoms with Crippen molar-refractivity contribution in [3.8, 4) is 0 Å². The summed E-state index contributed by atoms with van der Waals surface area (Å²) in [4.78, 5) is 1.31. The Morgan fingerprint density at radius 1 is 1.26 bits per heavy atom. The summed E-state index contributed by atoms with van der Waals surface area (Å²) in [6.45, 7) is 3.32. The van der Waals surface area contributed by atoms with E-state index in [4.69, 9.17) is 5.11 Å². The van der Waals surface area contributed by atoms with Gasteiger partial charge in [-0.15, -0.1) is 0 Å². The van der Waals surface area contributed by atoms with E-state index in [1.165, 1.54) is 4.90 Å². The Labute approximate surface area is 114 Å². The van der Waals surface area contributed by atoms with Crippen LogP contribution in [-0.4, -0.2) is 72.8 Å². The maximum absolute atomic E-state index is 11.2. The van der Waals surface area contributed by atoms with Crippen molar-refractivity contribution < 1.29 is 28.4 Å². The van der Waals surface area contributed by atoms with Crippen LogP contribution < -0.4 is 0 Å². The molecular weight excluding hydrogens is 273 g/mol. The minimum atomic E-state index is -3.99. The zero-order valence-corrected chi connectivity index (χ0v) is 12.1. The molecule has 0 aromatic rings. The van der Waals surface area contributed by atoms with Crippen LogP contribution in [0.25, 0.3) is 0 Å². The molecule has 0 radical (unpaired) electrons. The molecular formula is C10H22BNO6S. The molecule has 0 amide bonds. The average Bonchev–Trinajstić information content (AvgIpc) is 2.32. The normalized spacial score (nSPS) is 15.5. The summed E-state index contributed by atoms with van der Waals surface area (Å²) >= 11 is 0. The van der Waals surface area contributed by atoms with E-state index in [-0.39, 0.29) is 32.1 Å². The van der Waals surface area contributed by atoms with Gasteiger partial charge in [0.15, 0.2) is 0 Å². The van der Waals surface area contributed by atoms with Gasteiger partial charge in [0.2, 0.25) is 0 Å². The van der Waals surface area contributed by atoms with E-state index in [9.17, 15) is 23.3 Å². The molecule has 0 aliphatic carbocycles. The van der Waals surface area contributed by atoms with Crippen molar-refractivity contribution in [1.82, 2.24) is 4.90 Å². The second-order valence-corrected chi connectivity index (χ2v) is 6.69. The van der Waals surface area contributed by atoms with Gasteiger partial charge in [0.25, 0.3) is 0 Å². The van der Waals surface area contributed by atoms with Crippen LogP contribution in [0.4, 0.5) is 0 Å². The van der Waals surface area contributed by atoms with Crippen LogP contribution in [0.1, 0.15) is 20.3 Å². The van der Waals surface area contributed by atoms with Crippen molar-refractivity contribution in [2.75, 3.05) is 25.5 Å². The number of nitrogens with zero attached hydrogens (tertiary/aromatic N) is 1. The van der Waals surface area contributed by atoms with E-state index in [1.807, 2.05) is 13.8 Å². The standard InChI is InChI=1S/C10H22BNO6S/c1-8(2)5-9(6-14)12(3-4-13)10(15)7-19(17,18)11-16/h8-10,13-15H,3-7H2,1-2H3. The van der Waals surface area contributed by atoms with Crippen LogP contribution in [0.2, 0.25) is 0 Å². The molecule has 9 heteroatoms. The number of hydrogen-bond acceptors (Lipinski definition) is 7. The molecule has 19 heavy (non-hydrogen) atoms. The summed E-state index contributed by atoms with van der Waals surface area (Å²) in [5.74, 6) is -0.515. The van der Waals surface area contributed by atoms with Crippen molar-refractivity contribution in [2.45, 2.75) is 32.5 Å². The monoisotopic (exact) mass is 295 g/mol. The summed E-state index contributed by atoms with van der Waals surface area (Å²) in [7, 11) is -3.99. The molecule has 2 unspecified atom stereocenters. The van der Waals surface area contributed by atoms with Gasteiger partial charge in [-0.2, -0.15) is 0 Å². The second-order valence-electron chi connectivity index (χ2n) is 4.83. The molecule has 7 nitrogen and oxygen atoms in total. The summed E-state index contributed by atoms with van der Waals surface area (Å²) in [6, 6.07) is -0.469. The van der Waals surface area contributed by atoms with Gasteiger partial charge < -0.3 is 0 Å². The van der Waals surface area contributed by atoms with Crippen LogP contribution in [0.15, 0.2) is 0 Å². The Morgan fingerprint density at radius 2 is 1.84 bits per heavy atom. The topological polar surface area (TPSA) is 115 Å². The number of aliphatic hydroxyl groups is 3. The number of aliphatic hydroxyl groups excluding tert-OH is 3. The van der Waals surface area contributed by atoms with Crippen LogP contribution in [-0.2, 0) is 14.4 Å². The first-order valence-corrected chi connectivity index (χ1v) is 7.82. The number of rotatable bonds is 10. The molecule has 0 saturated heterocycles. The van der Waals surface area contributed by atoms with E-state index in [1.54, 1.807) is 0 Å². The quantitative estimate of drug-likeness (QED) is 0.328. The fourth-order valence-electron chi connectivity index (χ4n) is 1.89. The molecule has 0 spiro atoms. The summed E-state index contributed by atoms with van der Waals surface area (Å²) in [5.41, 5.74) is 0. The fourth-order valence-corrected chi connectivity index (χ4v) is 2.58. The molecule has 0 aliphatic heterocycles. The van der Waals surface area contributed by atoms with Crippen LogP contribution >= 0.6 is 0 Å². The Bertz CT molecular complexity index is 361. The van der Waals surface area contributed by atoms with E-state index in [0.717, 1.165) is 0 Å². The van der Waals surface area contributed by atoms with E-state index >= 15 is 0 Å². The van der Waals surface area contributed by atoms with Crippen molar-refractivity contribution in [2.24, 2.45) is 5.92 Å². The average molecular weight is 295 g/mol. The van der Waals surface area contributed by atoms with E-state index < -0.39 is 27.7 Å². The van der Waals surface area contributed by atoms with Gasteiger partial charge in [0.05, 0.1) is 0 Å². The molecule has 0 rings (SSSR count). The third-order valence-electron chi connectivity index (χ3n) is 2.69. The third kappa shape index (κ3) is 7.12. The molecule has 0 aliphatic rings. The molecule has 2 atom stereocenters. The van der Waals surface area contributed by atoms with E-state index in [2.05, 4.69) is 0 Å². The molecule has 0 fully saturated rings. The molecule has 0 saturated carbocycles. The summed E-state index contributed by atoms with van der Waals surface area (Å²) in [5, 5.41) is 28.2. The van der Waals surface area contributed by atoms with Crippen molar-refractivity contribution in [3.05, 3.63) is 0 Å². The Hall–Kier alpha value is -0.345. The predicted molar refractivity (Wildman–Crippen MR) is 70.4 cm³/mol. The summed E-state index contributed by atoms with van der Waals surface area (Å²) < 4.78 is 32.7. The summed E-state index contributed by atoms with van der Waals surface area (Å²) in [6.07, 6.45) is -1.10. The first kappa shape index (κ1) is 18.7. The van der Waals surface area contributed by atoms with Crippen molar-refractivity contribution in [1.29, 1.82) is 0 Å². The molecule has 0 aromatic carbocycles. The van der Waals surface area contributed by atoms with Gasteiger partial charge in [-0.3, -0.25) is 0 Å². The first-order valence-electron chi connectivity index (χ1n) is 6.10.